The van der Waals surface area contributed by atoms with Gasteiger partial charge in [-0.25, -0.2) is 4.98 Å². The summed E-state index contributed by atoms with van der Waals surface area (Å²) in [6.07, 6.45) is 1.62. The molecule has 160 valence electrons. The highest BCUT2D eigenvalue weighted by Crippen LogP contribution is 2.40. The monoisotopic (exact) mass is 443 g/mol. The molecule has 1 atom stereocenters. The molecule has 1 aliphatic rings. The van der Waals surface area contributed by atoms with E-state index in [4.69, 9.17) is 0 Å². The lowest BCUT2D eigenvalue weighted by molar-refractivity contribution is 0.0959. The second kappa shape index (κ2) is 7.72. The minimum absolute atomic E-state index is 0.209. The number of aromatic nitrogens is 2. The molecule has 0 bridgehead atoms. The maximum atomic E-state index is 13.2. The molecule has 2 aromatic carbocycles. The molecule has 4 aromatic rings. The first-order chi connectivity index (χ1) is 15.5. The van der Waals surface area contributed by atoms with Gasteiger partial charge in [-0.3, -0.25) is 9.59 Å². The van der Waals surface area contributed by atoms with E-state index in [2.05, 4.69) is 20.0 Å². The van der Waals surface area contributed by atoms with Crippen LogP contribution in [0.4, 0.5) is 11.5 Å². The average Bonchev–Trinajstić information content (AvgIpc) is 3.36. The van der Waals surface area contributed by atoms with E-state index < -0.39 is 0 Å². The van der Waals surface area contributed by atoms with Gasteiger partial charge < -0.3 is 15.5 Å². The molecule has 8 heteroatoms. The third-order valence-corrected chi connectivity index (χ3v) is 6.48. The fourth-order valence-electron chi connectivity index (χ4n) is 4.13. The molecule has 0 saturated heterocycles. The van der Waals surface area contributed by atoms with Crippen LogP contribution >= 0.6 is 11.5 Å². The smallest absolute Gasteiger partial charge is 0.276 e. The Morgan fingerprint density at radius 1 is 1.12 bits per heavy atom. The number of benzene rings is 2. The first-order valence-corrected chi connectivity index (χ1v) is 11.0. The predicted molar refractivity (Wildman–Crippen MR) is 127 cm³/mol. The first-order valence-electron chi connectivity index (χ1n) is 10.2. The summed E-state index contributed by atoms with van der Waals surface area (Å²) in [7, 11) is 3.69. The summed E-state index contributed by atoms with van der Waals surface area (Å²) in [6, 6.07) is 15.1. The van der Waals surface area contributed by atoms with Gasteiger partial charge in [0.15, 0.2) is 0 Å². The van der Waals surface area contributed by atoms with Gasteiger partial charge in [-0.1, -0.05) is 42.5 Å². The average molecular weight is 444 g/mol. The Morgan fingerprint density at radius 3 is 2.66 bits per heavy atom. The van der Waals surface area contributed by atoms with Gasteiger partial charge >= 0.3 is 0 Å². The predicted octanol–water partition coefficient (Wildman–Crippen LogP) is 4.15. The number of fused-ring (bicyclic) bond motifs is 2. The van der Waals surface area contributed by atoms with Crippen molar-refractivity contribution in [2.75, 3.05) is 24.3 Å². The molecular weight excluding hydrogens is 422 g/mol. The maximum absolute atomic E-state index is 13.2. The van der Waals surface area contributed by atoms with Crippen molar-refractivity contribution in [2.24, 2.45) is 0 Å². The molecule has 32 heavy (non-hydrogen) atoms. The van der Waals surface area contributed by atoms with Gasteiger partial charge in [0, 0.05) is 25.0 Å². The Balaban J connectivity index is 1.63. The van der Waals surface area contributed by atoms with Gasteiger partial charge in [-0.05, 0) is 35.6 Å². The molecule has 0 radical (unpaired) electrons. The lowest BCUT2D eigenvalue weighted by atomic mass is 9.94. The van der Waals surface area contributed by atoms with E-state index in [0.29, 0.717) is 22.8 Å². The van der Waals surface area contributed by atoms with Crippen LogP contribution in [0.15, 0.2) is 54.7 Å². The summed E-state index contributed by atoms with van der Waals surface area (Å²) in [5, 5.41) is 6.85. The fourth-order valence-corrected chi connectivity index (χ4v) is 4.90. The summed E-state index contributed by atoms with van der Waals surface area (Å²) in [4.78, 5) is 32.5. The quantitative estimate of drug-likeness (QED) is 0.495. The lowest BCUT2D eigenvalue weighted by Gasteiger charge is -2.20. The van der Waals surface area contributed by atoms with Crippen LogP contribution in [0.5, 0.6) is 0 Å². The number of amides is 2. The molecule has 7 nitrogen and oxygen atoms in total. The van der Waals surface area contributed by atoms with E-state index in [-0.39, 0.29) is 17.9 Å². The van der Waals surface area contributed by atoms with E-state index >= 15 is 0 Å². The summed E-state index contributed by atoms with van der Waals surface area (Å²) in [5.41, 5.74) is 4.09. The second-order valence-corrected chi connectivity index (χ2v) is 8.73. The lowest BCUT2D eigenvalue weighted by Crippen LogP contribution is -2.21. The number of aryl methyl sites for hydroxylation is 1. The van der Waals surface area contributed by atoms with E-state index in [1.807, 2.05) is 69.6 Å². The van der Waals surface area contributed by atoms with Crippen molar-refractivity contribution in [2.45, 2.75) is 13.0 Å². The molecule has 2 amide bonds. The zero-order valence-corrected chi connectivity index (χ0v) is 18.7. The molecule has 2 aromatic heterocycles. The van der Waals surface area contributed by atoms with E-state index in [1.165, 1.54) is 11.5 Å². The number of rotatable bonds is 4. The van der Waals surface area contributed by atoms with Crippen molar-refractivity contribution < 1.29 is 9.59 Å². The van der Waals surface area contributed by atoms with E-state index in [0.717, 1.165) is 26.8 Å². The number of pyridine rings is 1. The number of nitrogens with one attached hydrogen (secondary N) is 2. The van der Waals surface area contributed by atoms with Crippen LogP contribution in [0.25, 0.3) is 10.1 Å². The maximum Gasteiger partial charge on any atom is 0.276 e. The Hall–Kier alpha value is -3.78. The molecule has 2 N–H and O–H groups in total. The van der Waals surface area contributed by atoms with Crippen LogP contribution in [-0.4, -0.2) is 35.3 Å². The van der Waals surface area contributed by atoms with Crippen LogP contribution in [0.3, 0.4) is 0 Å². The van der Waals surface area contributed by atoms with Gasteiger partial charge in [0.1, 0.15) is 11.5 Å². The molecule has 0 spiro atoms. The second-order valence-electron chi connectivity index (χ2n) is 7.92. The van der Waals surface area contributed by atoms with Crippen LogP contribution in [0.1, 0.15) is 43.6 Å². The largest absolute Gasteiger partial charge is 0.362 e. The SMILES string of the molecule is Cc1ccccc1C1NC(=O)c2c(N(C)C)ncc(NC(=O)c3nsc4ccccc34)c21. The highest BCUT2D eigenvalue weighted by atomic mass is 32.1. The summed E-state index contributed by atoms with van der Waals surface area (Å²) < 4.78 is 5.30. The Bertz CT molecular complexity index is 1380. The summed E-state index contributed by atoms with van der Waals surface area (Å²) >= 11 is 1.28. The molecule has 0 aliphatic carbocycles. The van der Waals surface area contributed by atoms with Gasteiger partial charge in [0.2, 0.25) is 0 Å². The Labute approximate surface area is 189 Å². The fraction of sp³-hybridized carbons (Fsp3) is 0.167. The molecule has 1 unspecified atom stereocenters. The number of hydrogen-bond acceptors (Lipinski definition) is 6. The van der Waals surface area contributed by atoms with Crippen molar-refractivity contribution in [3.05, 3.63) is 82.7 Å². The van der Waals surface area contributed by atoms with Gasteiger partial charge in [-0.2, -0.15) is 4.37 Å². The molecule has 3 heterocycles. The van der Waals surface area contributed by atoms with Crippen LogP contribution in [-0.2, 0) is 0 Å². The van der Waals surface area contributed by atoms with Crippen LogP contribution < -0.4 is 15.5 Å². The molecule has 1 aliphatic heterocycles. The third-order valence-electron chi connectivity index (χ3n) is 5.65. The van der Waals surface area contributed by atoms with E-state index in [1.54, 1.807) is 11.1 Å². The highest BCUT2D eigenvalue weighted by Gasteiger charge is 2.37. The van der Waals surface area contributed by atoms with Crippen molar-refractivity contribution in [3.63, 3.8) is 0 Å². The standard InChI is InChI=1S/C24H21N5O2S/c1-13-8-4-5-9-14(13)20-18-16(12-25-22(29(2)3)19(18)23(30)27-20)26-24(31)21-15-10-6-7-11-17(15)32-28-21/h4-12,20H,1-3H3,(H,26,31)(H,27,30). The summed E-state index contributed by atoms with van der Waals surface area (Å²) in [5.74, 6) is 0.0253. The topological polar surface area (TPSA) is 87.2 Å². The van der Waals surface area contributed by atoms with Crippen LogP contribution in [0, 0.1) is 6.92 Å². The van der Waals surface area contributed by atoms with Crippen molar-refractivity contribution >= 4 is 44.9 Å². The number of carbonyl (C=O) groups excluding carboxylic acids is 2. The zero-order valence-electron chi connectivity index (χ0n) is 17.8. The minimum atomic E-state index is -0.386. The van der Waals surface area contributed by atoms with Gasteiger partial charge in [0.25, 0.3) is 11.8 Å². The Morgan fingerprint density at radius 2 is 1.88 bits per heavy atom. The number of anilines is 2. The van der Waals surface area contributed by atoms with Crippen molar-refractivity contribution in [1.82, 2.24) is 14.7 Å². The normalized spacial score (nSPS) is 14.8. The highest BCUT2D eigenvalue weighted by molar-refractivity contribution is 7.13. The minimum Gasteiger partial charge on any atom is -0.362 e. The van der Waals surface area contributed by atoms with E-state index in [9.17, 15) is 9.59 Å². The molecule has 5 rings (SSSR count). The third kappa shape index (κ3) is 3.20. The Kier molecular flexibility index (Phi) is 4.86. The van der Waals surface area contributed by atoms with Crippen molar-refractivity contribution in [3.8, 4) is 0 Å². The number of carbonyl (C=O) groups is 2. The van der Waals surface area contributed by atoms with Crippen molar-refractivity contribution in [1.29, 1.82) is 0 Å². The molecule has 0 fully saturated rings. The van der Waals surface area contributed by atoms with Gasteiger partial charge in [0.05, 0.1) is 28.2 Å². The first kappa shape index (κ1) is 20.1. The molecule has 0 saturated carbocycles. The summed E-state index contributed by atoms with van der Waals surface area (Å²) in [6.45, 7) is 2.01. The van der Waals surface area contributed by atoms with Gasteiger partial charge in [-0.15, -0.1) is 0 Å². The van der Waals surface area contributed by atoms with Crippen LogP contribution in [0.2, 0.25) is 0 Å². The zero-order chi connectivity index (χ0) is 22.4. The number of hydrogen-bond donors (Lipinski definition) is 2. The molecular formula is C24H21N5O2S. The number of nitrogens with zero attached hydrogens (tertiary/aromatic N) is 3.